The molecule has 0 atom stereocenters. The zero-order valence-electron chi connectivity index (χ0n) is 9.39. The van der Waals surface area contributed by atoms with E-state index in [-0.39, 0.29) is 5.56 Å². The highest BCUT2D eigenvalue weighted by atomic mass is 16.1. The van der Waals surface area contributed by atoms with Crippen LogP contribution in [0.4, 0.5) is 0 Å². The molecule has 2 aromatic rings. The van der Waals surface area contributed by atoms with Crippen molar-refractivity contribution in [1.29, 1.82) is 0 Å². The summed E-state index contributed by atoms with van der Waals surface area (Å²) in [7, 11) is 1.94. The van der Waals surface area contributed by atoms with Crippen LogP contribution in [0.25, 0.3) is 5.52 Å². The summed E-state index contributed by atoms with van der Waals surface area (Å²) in [5, 5.41) is 7.12. The molecule has 1 N–H and O–H groups in total. The van der Waals surface area contributed by atoms with Gasteiger partial charge in [-0.25, -0.2) is 4.52 Å². The van der Waals surface area contributed by atoms with Crippen molar-refractivity contribution in [1.82, 2.24) is 19.5 Å². The van der Waals surface area contributed by atoms with Crippen molar-refractivity contribution in [3.8, 4) is 0 Å². The maximum atomic E-state index is 11.9. The van der Waals surface area contributed by atoms with Crippen LogP contribution in [-0.4, -0.2) is 27.8 Å². The molecule has 0 amide bonds. The Labute approximate surface area is 93.7 Å². The number of hydrogen-bond acceptors (Lipinski definition) is 3. The highest BCUT2D eigenvalue weighted by molar-refractivity contribution is 5.42. The van der Waals surface area contributed by atoms with Crippen LogP contribution in [0.1, 0.15) is 12.8 Å². The topological polar surface area (TPSA) is 51.3 Å². The second kappa shape index (κ2) is 4.94. The number of aryl methyl sites for hydroxylation is 1. The van der Waals surface area contributed by atoms with Gasteiger partial charge in [0, 0.05) is 18.9 Å². The van der Waals surface area contributed by atoms with Crippen molar-refractivity contribution in [3.05, 3.63) is 35.0 Å². The molecular formula is C11H16N4O. The number of fused-ring (bicyclic) bond motifs is 1. The molecule has 0 aromatic carbocycles. The highest BCUT2D eigenvalue weighted by Crippen LogP contribution is 1.96. The van der Waals surface area contributed by atoms with E-state index in [1.54, 1.807) is 27.5 Å². The zero-order chi connectivity index (χ0) is 11.4. The molecule has 2 heterocycles. The quantitative estimate of drug-likeness (QED) is 0.746. The Kier molecular flexibility index (Phi) is 3.36. The lowest BCUT2D eigenvalue weighted by Crippen LogP contribution is -2.21. The largest absolute Gasteiger partial charge is 0.320 e. The summed E-state index contributed by atoms with van der Waals surface area (Å²) in [6, 6.07) is 1.74. The van der Waals surface area contributed by atoms with Crippen molar-refractivity contribution >= 4 is 5.52 Å². The molecule has 0 unspecified atom stereocenters. The lowest BCUT2D eigenvalue weighted by molar-refractivity contribution is 0.576. The summed E-state index contributed by atoms with van der Waals surface area (Å²) in [5.74, 6) is 0. The van der Waals surface area contributed by atoms with Crippen LogP contribution in [0.2, 0.25) is 0 Å². The third-order valence-corrected chi connectivity index (χ3v) is 2.61. The standard InChI is InChI=1S/C11H16N4O/c1-12-5-2-3-7-14-8-9-15-10(11(14)16)4-6-13-15/h4,6,8-9,12H,2-3,5,7H2,1H3. The average molecular weight is 220 g/mol. The van der Waals surface area contributed by atoms with Crippen molar-refractivity contribution in [2.24, 2.45) is 0 Å². The van der Waals surface area contributed by atoms with Crippen molar-refractivity contribution in [2.45, 2.75) is 19.4 Å². The minimum Gasteiger partial charge on any atom is -0.320 e. The van der Waals surface area contributed by atoms with Gasteiger partial charge in [-0.15, -0.1) is 0 Å². The summed E-state index contributed by atoms with van der Waals surface area (Å²) in [6.07, 6.45) is 7.33. The number of nitrogens with one attached hydrogen (secondary N) is 1. The first-order valence-corrected chi connectivity index (χ1v) is 5.50. The predicted molar refractivity (Wildman–Crippen MR) is 62.6 cm³/mol. The van der Waals surface area contributed by atoms with Gasteiger partial charge in [0.1, 0.15) is 5.52 Å². The summed E-state index contributed by atoms with van der Waals surface area (Å²) in [4.78, 5) is 11.9. The third kappa shape index (κ3) is 2.14. The van der Waals surface area contributed by atoms with Crippen LogP contribution in [0, 0.1) is 0 Å². The fourth-order valence-corrected chi connectivity index (χ4v) is 1.72. The van der Waals surface area contributed by atoms with Crippen LogP contribution >= 0.6 is 0 Å². The monoisotopic (exact) mass is 220 g/mol. The van der Waals surface area contributed by atoms with E-state index in [1.807, 2.05) is 13.2 Å². The summed E-state index contributed by atoms with van der Waals surface area (Å²) < 4.78 is 3.35. The van der Waals surface area contributed by atoms with Crippen LogP contribution in [0.3, 0.4) is 0 Å². The van der Waals surface area contributed by atoms with Gasteiger partial charge >= 0.3 is 0 Å². The molecule has 0 aliphatic heterocycles. The molecule has 5 heteroatoms. The van der Waals surface area contributed by atoms with Crippen molar-refractivity contribution < 1.29 is 0 Å². The lowest BCUT2D eigenvalue weighted by atomic mass is 10.3. The van der Waals surface area contributed by atoms with Gasteiger partial charge in [0.2, 0.25) is 0 Å². The van der Waals surface area contributed by atoms with E-state index >= 15 is 0 Å². The Balaban J connectivity index is 2.12. The minimum atomic E-state index is 0.0319. The Morgan fingerprint density at radius 1 is 1.38 bits per heavy atom. The first kappa shape index (κ1) is 10.9. The Bertz CT molecular complexity index is 514. The Morgan fingerprint density at radius 3 is 3.06 bits per heavy atom. The lowest BCUT2D eigenvalue weighted by Gasteiger charge is -2.05. The molecule has 0 saturated heterocycles. The van der Waals surface area contributed by atoms with Gasteiger partial charge in [-0.1, -0.05) is 0 Å². The normalized spacial score (nSPS) is 11.1. The highest BCUT2D eigenvalue weighted by Gasteiger charge is 2.02. The smallest absolute Gasteiger partial charge is 0.276 e. The van der Waals surface area contributed by atoms with Crippen molar-refractivity contribution in [3.63, 3.8) is 0 Å². The predicted octanol–water partition coefficient (Wildman–Crippen LogP) is 0.496. The number of aromatic nitrogens is 3. The van der Waals surface area contributed by atoms with E-state index in [4.69, 9.17) is 0 Å². The number of unbranched alkanes of at least 4 members (excludes halogenated alkanes) is 1. The summed E-state index contributed by atoms with van der Waals surface area (Å²) in [6.45, 7) is 1.76. The van der Waals surface area contributed by atoms with Crippen molar-refractivity contribution in [2.75, 3.05) is 13.6 Å². The van der Waals surface area contributed by atoms with E-state index < -0.39 is 0 Å². The first-order valence-electron chi connectivity index (χ1n) is 5.50. The molecule has 0 aliphatic rings. The summed E-state index contributed by atoms with van der Waals surface area (Å²) in [5.41, 5.74) is 0.667. The van der Waals surface area contributed by atoms with Gasteiger partial charge in [-0.2, -0.15) is 5.10 Å². The molecule has 16 heavy (non-hydrogen) atoms. The molecule has 0 fully saturated rings. The van der Waals surface area contributed by atoms with E-state index in [0.29, 0.717) is 5.52 Å². The molecule has 5 nitrogen and oxygen atoms in total. The Morgan fingerprint density at radius 2 is 2.25 bits per heavy atom. The first-order chi connectivity index (χ1) is 7.83. The molecule has 0 bridgehead atoms. The van der Waals surface area contributed by atoms with Crippen LogP contribution in [-0.2, 0) is 6.54 Å². The van der Waals surface area contributed by atoms with Gasteiger partial charge in [0.25, 0.3) is 5.56 Å². The van der Waals surface area contributed by atoms with Crippen LogP contribution in [0.5, 0.6) is 0 Å². The van der Waals surface area contributed by atoms with Crippen LogP contribution < -0.4 is 10.9 Å². The Hall–Kier alpha value is -1.62. The van der Waals surface area contributed by atoms with Gasteiger partial charge in [-0.3, -0.25) is 4.79 Å². The molecular weight excluding hydrogens is 204 g/mol. The molecule has 86 valence electrons. The molecule has 2 rings (SSSR count). The molecule has 2 aromatic heterocycles. The van der Waals surface area contributed by atoms with Gasteiger partial charge in [0.05, 0.1) is 6.20 Å². The average Bonchev–Trinajstić information content (AvgIpc) is 2.76. The second-order valence-corrected chi connectivity index (χ2v) is 3.77. The van der Waals surface area contributed by atoms with E-state index in [9.17, 15) is 4.79 Å². The maximum Gasteiger partial charge on any atom is 0.276 e. The zero-order valence-corrected chi connectivity index (χ0v) is 9.39. The fraction of sp³-hybridized carbons (Fsp3) is 0.455. The second-order valence-electron chi connectivity index (χ2n) is 3.77. The van der Waals surface area contributed by atoms with E-state index in [0.717, 1.165) is 25.9 Å². The molecule has 0 aliphatic carbocycles. The minimum absolute atomic E-state index is 0.0319. The van der Waals surface area contributed by atoms with Gasteiger partial charge < -0.3 is 9.88 Å². The molecule has 0 saturated carbocycles. The van der Waals surface area contributed by atoms with Gasteiger partial charge in [0.15, 0.2) is 0 Å². The SMILES string of the molecule is CNCCCCn1ccn2nccc2c1=O. The number of hydrogen-bond donors (Lipinski definition) is 1. The van der Waals surface area contributed by atoms with E-state index in [2.05, 4.69) is 10.4 Å². The van der Waals surface area contributed by atoms with Gasteiger partial charge in [-0.05, 0) is 32.5 Å². The summed E-state index contributed by atoms with van der Waals surface area (Å²) >= 11 is 0. The third-order valence-electron chi connectivity index (χ3n) is 2.61. The molecule has 0 spiro atoms. The van der Waals surface area contributed by atoms with E-state index in [1.165, 1.54) is 0 Å². The van der Waals surface area contributed by atoms with Crippen LogP contribution in [0.15, 0.2) is 29.5 Å². The maximum absolute atomic E-state index is 11.9. The molecule has 0 radical (unpaired) electrons. The fourth-order valence-electron chi connectivity index (χ4n) is 1.72. The number of rotatable bonds is 5. The number of nitrogens with zero attached hydrogens (tertiary/aromatic N) is 3.